The van der Waals surface area contributed by atoms with Crippen molar-refractivity contribution in [3.8, 4) is 11.5 Å². The number of anilines is 2. The van der Waals surface area contributed by atoms with Crippen LogP contribution in [-0.4, -0.2) is 35.8 Å². The average Bonchev–Trinajstić information content (AvgIpc) is 2.52. The quantitative estimate of drug-likeness (QED) is 0.597. The first-order valence-electron chi connectivity index (χ1n) is 6.88. The van der Waals surface area contributed by atoms with Crippen molar-refractivity contribution in [3.63, 3.8) is 0 Å². The molecule has 24 heavy (non-hydrogen) atoms. The van der Waals surface area contributed by atoms with Crippen LogP contribution in [0.5, 0.6) is 11.5 Å². The largest absolute Gasteiger partial charge is 0.495 e. The predicted molar refractivity (Wildman–Crippen MR) is 95.1 cm³/mol. The van der Waals surface area contributed by atoms with Crippen molar-refractivity contribution < 1.29 is 14.3 Å². The number of thioether (sulfide) groups is 1. The number of nitrogen functional groups attached to an aromatic ring is 1. The highest BCUT2D eigenvalue weighted by Crippen LogP contribution is 2.36. The Hall–Kier alpha value is -2.19. The number of rotatable bonds is 6. The molecule has 1 aromatic carbocycles. The van der Waals surface area contributed by atoms with Crippen LogP contribution in [-0.2, 0) is 4.79 Å². The average molecular weight is 369 g/mol. The lowest BCUT2D eigenvalue weighted by Crippen LogP contribution is -2.15. The lowest BCUT2D eigenvalue weighted by Gasteiger charge is -2.13. The molecule has 3 N–H and O–H groups in total. The molecule has 0 saturated heterocycles. The summed E-state index contributed by atoms with van der Waals surface area (Å²) in [5.74, 6) is 1.16. The summed E-state index contributed by atoms with van der Waals surface area (Å²) < 4.78 is 10.4. The van der Waals surface area contributed by atoms with Crippen LogP contribution < -0.4 is 20.5 Å². The number of hydrogen-bond donors (Lipinski definition) is 2. The molecule has 0 radical (unpaired) electrons. The van der Waals surface area contributed by atoms with Crippen LogP contribution >= 0.6 is 23.4 Å². The number of methoxy groups -OCH3 is 2. The molecule has 0 aliphatic carbocycles. The van der Waals surface area contributed by atoms with Crippen molar-refractivity contribution in [2.75, 3.05) is 31.0 Å². The van der Waals surface area contributed by atoms with Gasteiger partial charge in [-0.1, -0.05) is 23.4 Å². The summed E-state index contributed by atoms with van der Waals surface area (Å²) in [4.78, 5) is 20.4. The molecule has 9 heteroatoms. The number of benzene rings is 1. The van der Waals surface area contributed by atoms with E-state index >= 15 is 0 Å². The Kier molecular flexibility index (Phi) is 6.10. The molecule has 2 rings (SSSR count). The highest BCUT2D eigenvalue weighted by Gasteiger charge is 2.13. The maximum Gasteiger partial charge on any atom is 0.234 e. The van der Waals surface area contributed by atoms with Crippen LogP contribution in [0, 0.1) is 6.92 Å². The standard InChI is InChI=1S/C15H17ClN4O3S/c1-8-4-13(17)20-15(18-8)24-7-14(21)19-10-5-9(16)11(22-2)6-12(10)23-3/h4-6H,7H2,1-3H3,(H,19,21)(H2,17,18,20). The molecule has 0 atom stereocenters. The van der Waals surface area contributed by atoms with E-state index in [9.17, 15) is 4.79 Å². The highest BCUT2D eigenvalue weighted by molar-refractivity contribution is 7.99. The normalized spacial score (nSPS) is 10.3. The minimum Gasteiger partial charge on any atom is -0.495 e. The van der Waals surface area contributed by atoms with Gasteiger partial charge < -0.3 is 20.5 Å². The fourth-order valence-electron chi connectivity index (χ4n) is 1.90. The minimum atomic E-state index is -0.247. The van der Waals surface area contributed by atoms with Gasteiger partial charge in [0.2, 0.25) is 5.91 Å². The van der Waals surface area contributed by atoms with Crippen molar-refractivity contribution in [1.29, 1.82) is 0 Å². The maximum atomic E-state index is 12.1. The van der Waals surface area contributed by atoms with Gasteiger partial charge in [-0.15, -0.1) is 0 Å². The summed E-state index contributed by atoms with van der Waals surface area (Å²) in [6.07, 6.45) is 0. The van der Waals surface area contributed by atoms with Crippen LogP contribution in [0.3, 0.4) is 0 Å². The molecule has 0 unspecified atom stereocenters. The number of hydrogen-bond acceptors (Lipinski definition) is 7. The van der Waals surface area contributed by atoms with E-state index < -0.39 is 0 Å². The Morgan fingerprint density at radius 3 is 2.58 bits per heavy atom. The molecule has 0 aliphatic heterocycles. The summed E-state index contributed by atoms with van der Waals surface area (Å²) in [5, 5.41) is 3.56. The summed E-state index contributed by atoms with van der Waals surface area (Å²) in [5.41, 5.74) is 6.86. The second-order valence-electron chi connectivity index (χ2n) is 4.74. The lowest BCUT2D eigenvalue weighted by atomic mass is 10.2. The number of nitrogens with one attached hydrogen (secondary N) is 1. The molecule has 0 spiro atoms. The molecular weight excluding hydrogens is 352 g/mol. The van der Waals surface area contributed by atoms with Gasteiger partial charge in [0.1, 0.15) is 17.3 Å². The van der Waals surface area contributed by atoms with E-state index in [1.165, 1.54) is 26.0 Å². The summed E-state index contributed by atoms with van der Waals surface area (Å²) in [6, 6.07) is 4.84. The molecule has 1 heterocycles. The van der Waals surface area contributed by atoms with Gasteiger partial charge in [-0.2, -0.15) is 0 Å². The zero-order chi connectivity index (χ0) is 17.7. The Balaban J connectivity index is 2.05. The number of carbonyl (C=O) groups excluding carboxylic acids is 1. The molecule has 1 aromatic heterocycles. The molecule has 1 amide bonds. The van der Waals surface area contributed by atoms with Gasteiger partial charge in [0.15, 0.2) is 5.16 Å². The van der Waals surface area contributed by atoms with Crippen LogP contribution in [0.4, 0.5) is 11.5 Å². The topological polar surface area (TPSA) is 99.4 Å². The fourth-order valence-corrected chi connectivity index (χ4v) is 2.86. The summed E-state index contributed by atoms with van der Waals surface area (Å²) >= 11 is 7.27. The Bertz CT molecular complexity index is 737. The minimum absolute atomic E-state index is 0.121. The number of ether oxygens (including phenoxy) is 2. The van der Waals surface area contributed by atoms with E-state index in [0.29, 0.717) is 33.2 Å². The molecule has 128 valence electrons. The van der Waals surface area contributed by atoms with E-state index in [4.69, 9.17) is 26.8 Å². The van der Waals surface area contributed by atoms with E-state index in [-0.39, 0.29) is 11.7 Å². The van der Waals surface area contributed by atoms with E-state index in [0.717, 1.165) is 5.69 Å². The number of amides is 1. The molecule has 0 fully saturated rings. The number of nitrogens with zero attached hydrogens (tertiary/aromatic N) is 2. The van der Waals surface area contributed by atoms with Crippen LogP contribution in [0.25, 0.3) is 0 Å². The first kappa shape index (κ1) is 18.2. The summed E-state index contributed by atoms with van der Waals surface area (Å²) in [7, 11) is 3.00. The van der Waals surface area contributed by atoms with E-state index in [2.05, 4.69) is 15.3 Å². The number of aromatic nitrogens is 2. The van der Waals surface area contributed by atoms with Crippen LogP contribution in [0.15, 0.2) is 23.4 Å². The maximum absolute atomic E-state index is 12.1. The number of aryl methyl sites for hydroxylation is 1. The van der Waals surface area contributed by atoms with Gasteiger partial charge >= 0.3 is 0 Å². The number of halogens is 1. The molecule has 2 aromatic rings. The monoisotopic (exact) mass is 368 g/mol. The van der Waals surface area contributed by atoms with Crippen LogP contribution in [0.2, 0.25) is 5.02 Å². The second kappa shape index (κ2) is 8.07. The smallest absolute Gasteiger partial charge is 0.234 e. The lowest BCUT2D eigenvalue weighted by molar-refractivity contribution is -0.113. The fraction of sp³-hybridized carbons (Fsp3) is 0.267. The SMILES string of the molecule is COc1cc(OC)c(NC(=O)CSc2nc(C)cc(N)n2)cc1Cl. The molecule has 0 saturated carbocycles. The van der Waals surface area contributed by atoms with Crippen molar-refractivity contribution in [2.45, 2.75) is 12.1 Å². The molecule has 0 aliphatic rings. The predicted octanol–water partition coefficient (Wildman–Crippen LogP) is 2.77. The van der Waals surface area contributed by atoms with Gasteiger partial charge in [0.25, 0.3) is 0 Å². The zero-order valence-electron chi connectivity index (χ0n) is 13.4. The van der Waals surface area contributed by atoms with Crippen molar-refractivity contribution in [3.05, 3.63) is 28.9 Å². The van der Waals surface area contributed by atoms with Gasteiger partial charge in [-0.05, 0) is 13.0 Å². The summed E-state index contributed by atoms with van der Waals surface area (Å²) in [6.45, 7) is 1.81. The van der Waals surface area contributed by atoms with Gasteiger partial charge in [-0.3, -0.25) is 4.79 Å². The first-order valence-corrected chi connectivity index (χ1v) is 8.24. The molecule has 7 nitrogen and oxygen atoms in total. The number of carbonyl (C=O) groups is 1. The number of nitrogens with two attached hydrogens (primary N) is 1. The van der Waals surface area contributed by atoms with E-state index in [1.807, 2.05) is 6.92 Å². The van der Waals surface area contributed by atoms with Crippen molar-refractivity contribution >= 4 is 40.8 Å². The third kappa shape index (κ3) is 4.65. The Morgan fingerprint density at radius 2 is 1.96 bits per heavy atom. The van der Waals surface area contributed by atoms with Gasteiger partial charge in [0.05, 0.1) is 30.7 Å². The Labute approximate surface area is 148 Å². The van der Waals surface area contributed by atoms with Crippen LogP contribution in [0.1, 0.15) is 5.69 Å². The first-order chi connectivity index (χ1) is 11.4. The van der Waals surface area contributed by atoms with Crippen molar-refractivity contribution in [1.82, 2.24) is 9.97 Å². The zero-order valence-corrected chi connectivity index (χ0v) is 15.0. The van der Waals surface area contributed by atoms with Gasteiger partial charge in [-0.25, -0.2) is 9.97 Å². The van der Waals surface area contributed by atoms with Gasteiger partial charge in [0, 0.05) is 17.8 Å². The van der Waals surface area contributed by atoms with Crippen molar-refractivity contribution in [2.24, 2.45) is 0 Å². The second-order valence-corrected chi connectivity index (χ2v) is 6.09. The highest BCUT2D eigenvalue weighted by atomic mass is 35.5. The van der Waals surface area contributed by atoms with E-state index in [1.54, 1.807) is 18.2 Å². The third-order valence-electron chi connectivity index (χ3n) is 2.93. The third-order valence-corrected chi connectivity index (χ3v) is 4.08. The Morgan fingerprint density at radius 1 is 1.25 bits per heavy atom. The molecule has 0 bridgehead atoms. The molecular formula is C15H17ClN4O3S.